The second-order valence-electron chi connectivity index (χ2n) is 26.4. The molecule has 3 fully saturated rings. The fourth-order valence-electron chi connectivity index (χ4n) is 11.7. The summed E-state index contributed by atoms with van der Waals surface area (Å²) in [5.41, 5.74) is 0. The molecule has 19 heteroatoms. The van der Waals surface area contributed by atoms with Crippen molar-refractivity contribution < 1.29 is 89.4 Å². The number of aliphatic hydroxyl groups excluding tert-OH is 11. The standard InChI is InChI=1S/C82H133NO18/c1-3-5-7-9-11-13-15-17-19-21-22-23-24-25-26-27-28-29-30-31-32-33-34-35-36-37-38-39-40-41-42-44-46-48-50-52-54-56-58-60-70(88)83-65(66(87)59-57-55-53-51-49-47-45-43-20-18-16-14-12-10-8-6-4-2)64-96-80-76(94)73(91)78(68(62-85)98-80)101-82-77(95)74(92)79(69(63-86)99-82)100-81-75(93)72(90)71(89)67(61-84)97-81/h5,7,11,13,17,19,22-23,25-26,28-29,31-32,34-35,37-38,40-41,44,46,49,51,57,59,65-69,71-82,84-87,89-95H,3-4,6,8-10,12,14-16,18,20-21,24,27,30,33,36,39,42-43,45,47-48,50,52-56,58,60-64H2,1-2H3,(H,83,88)/b7-5-,13-11-,19-17-,23-22-,26-25-,29-28-,32-31-,35-34-,38-37-,41-40-,46-44-,51-49+,59-57+. The Kier molecular flexibility index (Phi) is 54.4. The molecular weight excluding hydrogens is 1290 g/mol. The van der Waals surface area contributed by atoms with Crippen molar-refractivity contribution in [2.45, 2.75) is 324 Å². The van der Waals surface area contributed by atoms with E-state index in [0.29, 0.717) is 12.8 Å². The highest BCUT2D eigenvalue weighted by molar-refractivity contribution is 5.76. The minimum Gasteiger partial charge on any atom is -0.394 e. The molecule has 3 saturated heterocycles. The number of hydrogen-bond acceptors (Lipinski definition) is 18. The first-order chi connectivity index (χ1) is 49.3. The number of unbranched alkanes of at least 4 members (excludes halogenated alkanes) is 17. The van der Waals surface area contributed by atoms with Gasteiger partial charge in [0.15, 0.2) is 18.9 Å². The van der Waals surface area contributed by atoms with E-state index < -0.39 is 124 Å². The molecule has 3 heterocycles. The maximum atomic E-state index is 13.4. The minimum atomic E-state index is -1.99. The van der Waals surface area contributed by atoms with Gasteiger partial charge in [0, 0.05) is 6.42 Å². The number of hydrogen-bond donors (Lipinski definition) is 12. The molecule has 3 rings (SSSR count). The van der Waals surface area contributed by atoms with Crippen molar-refractivity contribution in [1.29, 1.82) is 0 Å². The topological polar surface area (TPSA) is 307 Å². The van der Waals surface area contributed by atoms with Crippen LogP contribution in [0.1, 0.15) is 219 Å². The van der Waals surface area contributed by atoms with Crippen molar-refractivity contribution in [2.24, 2.45) is 0 Å². The maximum absolute atomic E-state index is 13.4. The van der Waals surface area contributed by atoms with Crippen LogP contribution >= 0.6 is 0 Å². The molecule has 101 heavy (non-hydrogen) atoms. The van der Waals surface area contributed by atoms with E-state index in [1.807, 2.05) is 6.08 Å². The van der Waals surface area contributed by atoms with Crippen LogP contribution in [0.4, 0.5) is 0 Å². The van der Waals surface area contributed by atoms with E-state index in [0.717, 1.165) is 122 Å². The maximum Gasteiger partial charge on any atom is 0.220 e. The molecule has 3 aliphatic heterocycles. The number of nitrogens with one attached hydrogen (secondary N) is 1. The van der Waals surface area contributed by atoms with Crippen molar-refractivity contribution in [3.05, 3.63) is 158 Å². The van der Waals surface area contributed by atoms with Gasteiger partial charge in [-0.1, -0.05) is 255 Å². The third-order valence-corrected chi connectivity index (χ3v) is 17.8. The molecule has 0 aromatic heterocycles. The van der Waals surface area contributed by atoms with Crippen molar-refractivity contribution >= 4 is 5.91 Å². The van der Waals surface area contributed by atoms with Gasteiger partial charge >= 0.3 is 0 Å². The SMILES string of the molecule is CC/C=C\C/C=C\C/C=C\C/C=C\C/C=C\C/C=C\C/C=C\C/C=C\C/C=C\C/C=C\C/C=C\CCCCCCCC(=O)NC(COC1OC(CO)C(OC2OC(CO)C(OC3OC(CO)C(O)C(O)C3O)C(O)C2O)C(O)C1O)C(O)/C=C/CC/C=C/CCCCCCCCCCCCC. The zero-order valence-corrected chi connectivity index (χ0v) is 61.1. The molecular formula is C82H133NO18. The van der Waals surface area contributed by atoms with Gasteiger partial charge in [-0.25, -0.2) is 0 Å². The quantitative estimate of drug-likeness (QED) is 0.0199. The number of allylic oxidation sites excluding steroid dienone is 25. The second kappa shape index (κ2) is 60.7. The number of amides is 1. The Morgan fingerprint density at radius 1 is 0.366 bits per heavy atom. The van der Waals surface area contributed by atoms with Gasteiger partial charge in [0.1, 0.15) is 73.2 Å². The fourth-order valence-corrected chi connectivity index (χ4v) is 11.7. The average Bonchev–Trinajstić information content (AvgIpc) is 0.792. The molecule has 17 atom stereocenters. The Balaban J connectivity index is 1.38. The van der Waals surface area contributed by atoms with Crippen LogP contribution in [0.2, 0.25) is 0 Å². The molecule has 0 aliphatic carbocycles. The van der Waals surface area contributed by atoms with Gasteiger partial charge in [-0.05, 0) is 116 Å². The molecule has 0 saturated carbocycles. The number of rotatable bonds is 57. The third-order valence-electron chi connectivity index (χ3n) is 17.8. The van der Waals surface area contributed by atoms with E-state index in [-0.39, 0.29) is 18.9 Å². The van der Waals surface area contributed by atoms with Gasteiger partial charge in [0.25, 0.3) is 0 Å². The monoisotopic (exact) mass is 1420 g/mol. The van der Waals surface area contributed by atoms with Crippen molar-refractivity contribution in [2.75, 3.05) is 26.4 Å². The molecule has 3 aliphatic rings. The Bertz CT molecular complexity index is 2440. The lowest BCUT2D eigenvalue weighted by molar-refractivity contribution is -0.379. The summed E-state index contributed by atoms with van der Waals surface area (Å²) in [7, 11) is 0. The van der Waals surface area contributed by atoms with E-state index in [2.05, 4.69) is 165 Å². The van der Waals surface area contributed by atoms with E-state index in [1.165, 1.54) is 64.2 Å². The smallest absolute Gasteiger partial charge is 0.220 e. The minimum absolute atomic E-state index is 0.202. The van der Waals surface area contributed by atoms with Crippen LogP contribution in [0.3, 0.4) is 0 Å². The van der Waals surface area contributed by atoms with Gasteiger partial charge in [-0.3, -0.25) is 4.79 Å². The van der Waals surface area contributed by atoms with E-state index >= 15 is 0 Å². The highest BCUT2D eigenvalue weighted by Crippen LogP contribution is 2.33. The largest absolute Gasteiger partial charge is 0.394 e. The summed E-state index contributed by atoms with van der Waals surface area (Å²) in [4.78, 5) is 13.4. The third kappa shape index (κ3) is 41.0. The van der Waals surface area contributed by atoms with E-state index in [4.69, 9.17) is 28.4 Å². The van der Waals surface area contributed by atoms with E-state index in [1.54, 1.807) is 6.08 Å². The normalized spacial score (nSPS) is 27.2. The lowest BCUT2D eigenvalue weighted by Gasteiger charge is -2.48. The number of ether oxygens (including phenoxy) is 6. The molecule has 574 valence electrons. The predicted octanol–water partition coefficient (Wildman–Crippen LogP) is 12.1. The Morgan fingerprint density at radius 2 is 0.693 bits per heavy atom. The molecule has 0 radical (unpaired) electrons. The summed E-state index contributed by atoms with van der Waals surface area (Å²) < 4.78 is 34.3. The Hall–Kier alpha value is -4.59. The van der Waals surface area contributed by atoms with Crippen molar-refractivity contribution in [1.82, 2.24) is 5.32 Å². The van der Waals surface area contributed by atoms with Crippen LogP contribution < -0.4 is 5.32 Å². The highest BCUT2D eigenvalue weighted by Gasteiger charge is 2.53. The zero-order valence-electron chi connectivity index (χ0n) is 61.1. The molecule has 19 nitrogen and oxygen atoms in total. The highest BCUT2D eigenvalue weighted by atomic mass is 16.8. The van der Waals surface area contributed by atoms with Crippen LogP contribution in [0, 0.1) is 0 Å². The van der Waals surface area contributed by atoms with Gasteiger partial charge in [0.2, 0.25) is 5.91 Å². The van der Waals surface area contributed by atoms with Crippen LogP contribution in [-0.4, -0.2) is 193 Å². The van der Waals surface area contributed by atoms with Crippen molar-refractivity contribution in [3.8, 4) is 0 Å². The molecule has 1 amide bonds. The summed E-state index contributed by atoms with van der Waals surface area (Å²) >= 11 is 0. The van der Waals surface area contributed by atoms with Gasteiger partial charge in [0.05, 0.1) is 38.6 Å². The molecule has 17 unspecified atom stereocenters. The summed E-state index contributed by atoms with van der Waals surface area (Å²) in [5.74, 6) is -0.311. The lowest BCUT2D eigenvalue weighted by Crippen LogP contribution is -2.66. The number of carbonyl (C=O) groups is 1. The fraction of sp³-hybridized carbons (Fsp3) is 0.671. The summed E-state index contributed by atoms with van der Waals surface area (Å²) in [5, 5.41) is 121. The Labute approximate surface area is 605 Å². The average molecular weight is 1420 g/mol. The molecule has 0 aromatic carbocycles. The van der Waals surface area contributed by atoms with Crippen molar-refractivity contribution in [3.63, 3.8) is 0 Å². The summed E-state index contributed by atoms with van der Waals surface area (Å²) in [6.45, 7) is 1.56. The number of carbonyl (C=O) groups excluding carboxylic acids is 1. The predicted molar refractivity (Wildman–Crippen MR) is 401 cm³/mol. The summed E-state index contributed by atoms with van der Waals surface area (Å²) in [6.07, 6.45) is 62.2. The summed E-state index contributed by atoms with van der Waals surface area (Å²) in [6, 6.07) is -1.01. The van der Waals surface area contributed by atoms with E-state index in [9.17, 15) is 61.0 Å². The second-order valence-corrected chi connectivity index (χ2v) is 26.4. The Morgan fingerprint density at radius 3 is 1.11 bits per heavy atom. The van der Waals surface area contributed by atoms with Gasteiger partial charge in [-0.2, -0.15) is 0 Å². The van der Waals surface area contributed by atoms with Gasteiger partial charge in [-0.15, -0.1) is 0 Å². The molecule has 12 N–H and O–H groups in total. The zero-order chi connectivity index (χ0) is 73.2. The van der Waals surface area contributed by atoms with Crippen LogP contribution in [0.25, 0.3) is 0 Å². The lowest BCUT2D eigenvalue weighted by atomic mass is 9.96. The van der Waals surface area contributed by atoms with Crippen LogP contribution in [0.5, 0.6) is 0 Å². The molecule has 0 spiro atoms. The number of aliphatic hydroxyl groups is 11. The van der Waals surface area contributed by atoms with Crippen LogP contribution in [-0.2, 0) is 33.2 Å². The molecule has 0 bridgehead atoms. The molecule has 0 aromatic rings. The first kappa shape index (κ1) is 90.6. The van der Waals surface area contributed by atoms with Crippen LogP contribution in [0.15, 0.2) is 158 Å². The first-order valence-electron chi connectivity index (χ1n) is 38.2. The van der Waals surface area contributed by atoms with Gasteiger partial charge < -0.3 is 89.9 Å². The first-order valence-corrected chi connectivity index (χ1v) is 38.2.